The summed E-state index contributed by atoms with van der Waals surface area (Å²) in [4.78, 5) is 18.3. The van der Waals surface area contributed by atoms with E-state index in [1.165, 1.54) is 15.5 Å². The second kappa shape index (κ2) is 7.20. The summed E-state index contributed by atoms with van der Waals surface area (Å²) < 4.78 is 19.7. The van der Waals surface area contributed by atoms with E-state index in [2.05, 4.69) is 10.1 Å². The van der Waals surface area contributed by atoms with Crippen molar-refractivity contribution in [2.75, 3.05) is 24.7 Å². The Hall–Kier alpha value is -3.00. The lowest BCUT2D eigenvalue weighted by Crippen LogP contribution is -2.42. The minimum Gasteiger partial charge on any atom is -0.493 e. The van der Waals surface area contributed by atoms with Gasteiger partial charge in [-0.05, 0) is 30.5 Å². The number of carbonyl (C=O) groups excluding carboxylic acids is 1. The highest BCUT2D eigenvalue weighted by Gasteiger charge is 2.24. The zero-order valence-corrected chi connectivity index (χ0v) is 15.8. The van der Waals surface area contributed by atoms with Crippen molar-refractivity contribution < 1.29 is 19.0 Å². The molecule has 1 saturated heterocycles. The van der Waals surface area contributed by atoms with Gasteiger partial charge in [0.1, 0.15) is 19.1 Å². The van der Waals surface area contributed by atoms with Crippen molar-refractivity contribution in [2.45, 2.75) is 26.9 Å². The molecule has 1 amide bonds. The first-order chi connectivity index (χ1) is 13.5. The highest BCUT2D eigenvalue weighted by Crippen LogP contribution is 2.27. The van der Waals surface area contributed by atoms with Crippen LogP contribution in [0.1, 0.15) is 27.9 Å². The lowest BCUT2D eigenvalue weighted by molar-refractivity contribution is -0.125. The molecule has 0 saturated carbocycles. The number of hydrogen-bond acceptors (Lipinski definition) is 5. The molecular weight excluding hydrogens is 363 g/mol. The number of aromatic hydroxyl groups is 1. The number of alkyl halides is 1. The first-order valence-electron chi connectivity index (χ1n) is 9.09. The van der Waals surface area contributed by atoms with Crippen molar-refractivity contribution in [1.82, 2.24) is 14.6 Å². The van der Waals surface area contributed by atoms with E-state index in [0.717, 1.165) is 22.4 Å². The van der Waals surface area contributed by atoms with Crippen LogP contribution in [-0.4, -0.2) is 45.4 Å². The van der Waals surface area contributed by atoms with Gasteiger partial charge in [0, 0.05) is 18.1 Å². The summed E-state index contributed by atoms with van der Waals surface area (Å²) in [5.74, 6) is 0.0725. The van der Waals surface area contributed by atoms with E-state index in [1.807, 2.05) is 26.0 Å². The van der Waals surface area contributed by atoms with Gasteiger partial charge < -0.3 is 9.84 Å². The fourth-order valence-electron chi connectivity index (χ4n) is 3.51. The average molecular weight is 384 g/mol. The molecule has 0 aliphatic carbocycles. The number of anilines is 1. The molecule has 8 heteroatoms. The van der Waals surface area contributed by atoms with Crippen LogP contribution in [0.4, 0.5) is 10.2 Å². The molecule has 3 aromatic rings. The molecule has 1 fully saturated rings. The van der Waals surface area contributed by atoms with Gasteiger partial charge in [0.05, 0.1) is 18.8 Å². The van der Waals surface area contributed by atoms with Crippen molar-refractivity contribution in [2.24, 2.45) is 0 Å². The van der Waals surface area contributed by atoms with Crippen LogP contribution in [0.25, 0.3) is 5.65 Å². The number of hydrogen-bond donors (Lipinski definition) is 1. The highest BCUT2D eigenvalue weighted by molar-refractivity contribution is 5.94. The van der Waals surface area contributed by atoms with Gasteiger partial charge in [-0.3, -0.25) is 9.69 Å². The van der Waals surface area contributed by atoms with E-state index < -0.39 is 6.67 Å². The Morgan fingerprint density at radius 1 is 1.29 bits per heavy atom. The number of halogens is 1. The van der Waals surface area contributed by atoms with Gasteiger partial charge in [-0.1, -0.05) is 18.2 Å². The average Bonchev–Trinajstić information content (AvgIpc) is 3.00. The fourth-order valence-corrected chi connectivity index (χ4v) is 3.51. The second-order valence-corrected chi connectivity index (χ2v) is 6.88. The Kier molecular flexibility index (Phi) is 4.72. The Morgan fingerprint density at radius 3 is 2.82 bits per heavy atom. The SMILES string of the molecule is Cc1nn2c(O)cc(N3CCOCC3=O)nc2c1Cc1cccc(CF)c1C. The van der Waals surface area contributed by atoms with Crippen LogP contribution in [0.3, 0.4) is 0 Å². The van der Waals surface area contributed by atoms with E-state index in [0.29, 0.717) is 36.6 Å². The van der Waals surface area contributed by atoms with E-state index in [-0.39, 0.29) is 18.4 Å². The summed E-state index contributed by atoms with van der Waals surface area (Å²) in [6, 6.07) is 6.99. The molecule has 0 radical (unpaired) electrons. The number of morpholine rings is 1. The molecule has 7 nitrogen and oxygen atoms in total. The minimum absolute atomic E-state index is 0.00597. The third kappa shape index (κ3) is 3.09. The number of nitrogens with zero attached hydrogens (tertiary/aromatic N) is 4. The van der Waals surface area contributed by atoms with Crippen LogP contribution in [0.15, 0.2) is 24.3 Å². The lowest BCUT2D eigenvalue weighted by Gasteiger charge is -2.25. The van der Waals surface area contributed by atoms with Crippen LogP contribution in [0.5, 0.6) is 5.88 Å². The molecule has 0 bridgehead atoms. The summed E-state index contributed by atoms with van der Waals surface area (Å²) in [5.41, 5.74) is 4.56. The Bertz CT molecular complexity index is 1060. The molecule has 2 aromatic heterocycles. The Labute approximate surface area is 161 Å². The molecule has 1 aliphatic rings. The molecular formula is C20H21FN4O3. The molecule has 4 rings (SSSR count). The maximum Gasteiger partial charge on any atom is 0.254 e. The molecule has 0 atom stereocenters. The molecule has 3 heterocycles. The number of amides is 1. The van der Waals surface area contributed by atoms with E-state index >= 15 is 0 Å². The van der Waals surface area contributed by atoms with Crippen LogP contribution < -0.4 is 4.90 Å². The zero-order valence-electron chi connectivity index (χ0n) is 15.8. The zero-order chi connectivity index (χ0) is 19.8. The van der Waals surface area contributed by atoms with Crippen molar-refractivity contribution in [3.8, 4) is 5.88 Å². The first kappa shape index (κ1) is 18.4. The van der Waals surface area contributed by atoms with Gasteiger partial charge in [-0.2, -0.15) is 9.61 Å². The van der Waals surface area contributed by atoms with Crippen molar-refractivity contribution in [3.05, 3.63) is 52.2 Å². The summed E-state index contributed by atoms with van der Waals surface area (Å²) in [5, 5.41) is 14.8. The summed E-state index contributed by atoms with van der Waals surface area (Å²) in [6.07, 6.45) is 0.502. The van der Waals surface area contributed by atoms with E-state index in [1.54, 1.807) is 6.07 Å². The molecule has 1 N–H and O–H groups in total. The Morgan fingerprint density at radius 2 is 2.07 bits per heavy atom. The van der Waals surface area contributed by atoms with Gasteiger partial charge in [0.25, 0.3) is 5.91 Å². The third-order valence-electron chi connectivity index (χ3n) is 5.18. The van der Waals surface area contributed by atoms with Gasteiger partial charge >= 0.3 is 0 Å². The Balaban J connectivity index is 1.80. The summed E-state index contributed by atoms with van der Waals surface area (Å²) in [6.45, 7) is 4.01. The summed E-state index contributed by atoms with van der Waals surface area (Å²) >= 11 is 0. The standard InChI is InChI=1S/C20H21FN4O3/c1-12-14(4-3-5-15(12)10-21)8-16-13(2)23-25-18(26)9-17(22-20(16)25)24-6-7-28-11-19(24)27/h3-5,9,26H,6-8,10-11H2,1-2H3. The maximum atomic E-state index is 13.2. The predicted molar refractivity (Wildman–Crippen MR) is 101 cm³/mol. The van der Waals surface area contributed by atoms with Gasteiger partial charge in [-0.25, -0.2) is 9.37 Å². The third-order valence-corrected chi connectivity index (χ3v) is 5.18. The van der Waals surface area contributed by atoms with Crippen LogP contribution in [0.2, 0.25) is 0 Å². The normalized spacial score (nSPS) is 14.8. The molecule has 0 unspecified atom stereocenters. The van der Waals surface area contributed by atoms with Gasteiger partial charge in [0.2, 0.25) is 5.88 Å². The topological polar surface area (TPSA) is 80.0 Å². The number of fused-ring (bicyclic) bond motifs is 1. The number of carbonyl (C=O) groups is 1. The molecule has 1 aliphatic heterocycles. The minimum atomic E-state index is -0.518. The van der Waals surface area contributed by atoms with Gasteiger partial charge in [-0.15, -0.1) is 0 Å². The van der Waals surface area contributed by atoms with Crippen molar-refractivity contribution >= 4 is 17.4 Å². The quantitative estimate of drug-likeness (QED) is 0.748. The molecule has 0 spiro atoms. The summed E-state index contributed by atoms with van der Waals surface area (Å²) in [7, 11) is 0. The second-order valence-electron chi connectivity index (χ2n) is 6.88. The molecule has 146 valence electrons. The highest BCUT2D eigenvalue weighted by atomic mass is 19.1. The van der Waals surface area contributed by atoms with Crippen molar-refractivity contribution in [3.63, 3.8) is 0 Å². The number of ether oxygens (including phenoxy) is 1. The number of aromatic nitrogens is 3. The smallest absolute Gasteiger partial charge is 0.254 e. The van der Waals surface area contributed by atoms with Gasteiger partial charge in [0.15, 0.2) is 5.65 Å². The predicted octanol–water partition coefficient (Wildman–Crippen LogP) is 2.48. The van der Waals surface area contributed by atoms with Crippen LogP contribution in [-0.2, 0) is 22.6 Å². The number of benzene rings is 1. The van der Waals surface area contributed by atoms with E-state index in [4.69, 9.17) is 4.74 Å². The first-order valence-corrected chi connectivity index (χ1v) is 9.09. The van der Waals surface area contributed by atoms with Crippen molar-refractivity contribution in [1.29, 1.82) is 0 Å². The molecule has 1 aromatic carbocycles. The molecule has 28 heavy (non-hydrogen) atoms. The van der Waals surface area contributed by atoms with E-state index in [9.17, 15) is 14.3 Å². The monoisotopic (exact) mass is 384 g/mol. The largest absolute Gasteiger partial charge is 0.493 e. The van der Waals surface area contributed by atoms with Crippen LogP contribution >= 0.6 is 0 Å². The van der Waals surface area contributed by atoms with Crippen LogP contribution in [0, 0.1) is 13.8 Å². The lowest BCUT2D eigenvalue weighted by atomic mass is 9.97. The maximum absolute atomic E-state index is 13.2. The number of rotatable bonds is 4. The fraction of sp³-hybridized carbons (Fsp3) is 0.350. The number of aryl methyl sites for hydroxylation is 1.